The lowest BCUT2D eigenvalue weighted by Crippen LogP contribution is -2.53. The first kappa shape index (κ1) is 21.6. The number of carboxylic acid groups (broad SMARTS) is 1. The minimum Gasteiger partial charge on any atom is -0.508 e. The van der Waals surface area contributed by atoms with E-state index in [1.807, 2.05) is 0 Å². The van der Waals surface area contributed by atoms with Gasteiger partial charge in [-0.25, -0.2) is 4.79 Å². The van der Waals surface area contributed by atoms with Crippen LogP contribution in [0, 0.1) is 0 Å². The summed E-state index contributed by atoms with van der Waals surface area (Å²) in [5.41, 5.74) is 5.91. The molecule has 9 nitrogen and oxygen atoms in total. The highest BCUT2D eigenvalue weighted by Crippen LogP contribution is 2.11. The van der Waals surface area contributed by atoms with Crippen LogP contribution in [0.25, 0.3) is 0 Å². The highest BCUT2D eigenvalue weighted by molar-refractivity contribution is 7.84. The fourth-order valence-electron chi connectivity index (χ4n) is 2.14. The maximum absolute atomic E-state index is 12.5. The van der Waals surface area contributed by atoms with E-state index in [9.17, 15) is 28.8 Å². The van der Waals surface area contributed by atoms with E-state index in [1.165, 1.54) is 18.4 Å². The maximum Gasteiger partial charge on any atom is 0.326 e. The van der Waals surface area contributed by atoms with E-state index >= 15 is 0 Å². The standard InChI is InChI=1S/C16H23N3O6S/c1-26(25)7-6-12(16(23)24)19-15(22)13(18-14(21)9-17)8-10-2-4-11(20)5-3-10/h2-5,12-13,20H,6-9,17H2,1H3,(H,18,21)(H,19,22)(H,23,24)/t12-,13-,26?/m0/s1. The van der Waals surface area contributed by atoms with E-state index in [2.05, 4.69) is 10.6 Å². The maximum atomic E-state index is 12.5. The number of benzene rings is 1. The first-order chi connectivity index (χ1) is 12.2. The molecule has 0 saturated heterocycles. The summed E-state index contributed by atoms with van der Waals surface area (Å²) in [6.45, 7) is -0.323. The third-order valence-corrected chi connectivity index (χ3v) is 4.33. The Kier molecular flexibility index (Phi) is 8.73. The zero-order valence-electron chi connectivity index (χ0n) is 14.3. The SMILES string of the molecule is CS(=O)CC[C@H](NC(=O)[C@H](Cc1ccc(O)cc1)NC(=O)CN)C(=O)O. The summed E-state index contributed by atoms with van der Waals surface area (Å²) in [5, 5.41) is 23.3. The van der Waals surface area contributed by atoms with Crippen molar-refractivity contribution in [3.05, 3.63) is 29.8 Å². The van der Waals surface area contributed by atoms with Gasteiger partial charge in [0.15, 0.2) is 0 Å². The van der Waals surface area contributed by atoms with Gasteiger partial charge in [-0.15, -0.1) is 0 Å². The summed E-state index contributed by atoms with van der Waals surface area (Å²) < 4.78 is 11.2. The fourth-order valence-corrected chi connectivity index (χ4v) is 2.71. The number of nitrogens with one attached hydrogen (secondary N) is 2. The summed E-state index contributed by atoms with van der Waals surface area (Å²) in [6.07, 6.45) is 1.53. The summed E-state index contributed by atoms with van der Waals surface area (Å²) >= 11 is 0. The van der Waals surface area contributed by atoms with Crippen molar-refractivity contribution in [3.8, 4) is 5.75 Å². The molecule has 0 aliphatic rings. The van der Waals surface area contributed by atoms with E-state index in [-0.39, 0.29) is 30.9 Å². The molecule has 2 amide bonds. The van der Waals surface area contributed by atoms with Crippen LogP contribution in [0.5, 0.6) is 5.75 Å². The molecule has 0 heterocycles. The average molecular weight is 385 g/mol. The van der Waals surface area contributed by atoms with Crippen LogP contribution in [-0.2, 0) is 31.6 Å². The topological polar surface area (TPSA) is 159 Å². The Balaban J connectivity index is 2.87. The minimum atomic E-state index is -1.25. The zero-order valence-corrected chi connectivity index (χ0v) is 15.1. The quantitative estimate of drug-likeness (QED) is 0.335. The van der Waals surface area contributed by atoms with E-state index in [1.54, 1.807) is 12.1 Å². The number of rotatable bonds is 10. The second-order valence-corrected chi connectivity index (χ2v) is 7.21. The molecular weight excluding hydrogens is 362 g/mol. The van der Waals surface area contributed by atoms with E-state index in [0.29, 0.717) is 5.56 Å². The van der Waals surface area contributed by atoms with Gasteiger partial charge in [0.2, 0.25) is 11.8 Å². The predicted molar refractivity (Wildman–Crippen MR) is 95.9 cm³/mol. The molecule has 1 aromatic carbocycles. The molecule has 0 aliphatic heterocycles. The van der Waals surface area contributed by atoms with Gasteiger partial charge >= 0.3 is 5.97 Å². The van der Waals surface area contributed by atoms with E-state index in [4.69, 9.17) is 5.73 Å². The number of phenols is 1. The summed E-state index contributed by atoms with van der Waals surface area (Å²) in [5.74, 6) is -2.33. The molecule has 0 bridgehead atoms. The number of nitrogens with two attached hydrogens (primary N) is 1. The minimum absolute atomic E-state index is 0.000942. The number of hydrogen-bond donors (Lipinski definition) is 5. The van der Waals surface area contributed by atoms with Crippen molar-refractivity contribution in [2.75, 3.05) is 18.6 Å². The molecule has 3 atom stereocenters. The van der Waals surface area contributed by atoms with Crippen molar-refractivity contribution in [1.82, 2.24) is 10.6 Å². The van der Waals surface area contributed by atoms with E-state index in [0.717, 1.165) is 0 Å². The molecule has 6 N–H and O–H groups in total. The van der Waals surface area contributed by atoms with Crippen LogP contribution in [0.4, 0.5) is 0 Å². The summed E-state index contributed by atoms with van der Waals surface area (Å²) in [7, 11) is -1.20. The third-order valence-electron chi connectivity index (χ3n) is 3.52. The second kappa shape index (κ2) is 10.5. The highest BCUT2D eigenvalue weighted by Gasteiger charge is 2.26. The average Bonchev–Trinajstić information content (AvgIpc) is 2.58. The van der Waals surface area contributed by atoms with Gasteiger partial charge in [-0.3, -0.25) is 13.8 Å². The van der Waals surface area contributed by atoms with Crippen LogP contribution in [0.3, 0.4) is 0 Å². The van der Waals surface area contributed by atoms with Gasteiger partial charge in [-0.05, 0) is 24.1 Å². The largest absolute Gasteiger partial charge is 0.508 e. The number of carboxylic acids is 1. The first-order valence-electron chi connectivity index (χ1n) is 7.83. The normalized spacial score (nSPS) is 14.1. The molecule has 10 heteroatoms. The van der Waals surface area contributed by atoms with Gasteiger partial charge in [0.05, 0.1) is 6.54 Å². The number of amides is 2. The van der Waals surface area contributed by atoms with Crippen LogP contribution in [0.15, 0.2) is 24.3 Å². The molecular formula is C16H23N3O6S. The Hall–Kier alpha value is -2.46. The molecule has 1 unspecified atom stereocenters. The van der Waals surface area contributed by atoms with Crippen LogP contribution in [0.1, 0.15) is 12.0 Å². The van der Waals surface area contributed by atoms with Gasteiger partial charge in [0, 0.05) is 29.2 Å². The lowest BCUT2D eigenvalue weighted by Gasteiger charge is -2.21. The molecule has 0 aromatic heterocycles. The predicted octanol–water partition coefficient (Wildman–Crippen LogP) is -1.28. The number of hydrogen-bond acceptors (Lipinski definition) is 6. The van der Waals surface area contributed by atoms with Gasteiger partial charge in [0.25, 0.3) is 0 Å². The molecule has 0 aliphatic carbocycles. The van der Waals surface area contributed by atoms with Crippen LogP contribution in [-0.4, -0.2) is 62.8 Å². The Morgan fingerprint density at radius 1 is 1.15 bits per heavy atom. The Morgan fingerprint density at radius 3 is 2.27 bits per heavy atom. The monoisotopic (exact) mass is 385 g/mol. The lowest BCUT2D eigenvalue weighted by atomic mass is 10.0. The molecule has 144 valence electrons. The lowest BCUT2D eigenvalue weighted by molar-refractivity contribution is -0.142. The van der Waals surface area contributed by atoms with Crippen molar-refractivity contribution in [3.63, 3.8) is 0 Å². The molecule has 0 spiro atoms. The molecule has 26 heavy (non-hydrogen) atoms. The molecule has 0 saturated carbocycles. The van der Waals surface area contributed by atoms with Crippen molar-refractivity contribution in [2.24, 2.45) is 5.73 Å². The van der Waals surface area contributed by atoms with Crippen molar-refractivity contribution in [1.29, 1.82) is 0 Å². The number of aliphatic carboxylic acids is 1. The van der Waals surface area contributed by atoms with Gasteiger partial charge in [-0.2, -0.15) is 0 Å². The Bertz CT molecular complexity index is 664. The van der Waals surface area contributed by atoms with Crippen molar-refractivity contribution in [2.45, 2.75) is 24.9 Å². The summed E-state index contributed by atoms with van der Waals surface area (Å²) in [4.78, 5) is 35.4. The van der Waals surface area contributed by atoms with Crippen LogP contribution < -0.4 is 16.4 Å². The highest BCUT2D eigenvalue weighted by atomic mass is 32.2. The zero-order chi connectivity index (χ0) is 19.7. The second-order valence-electron chi connectivity index (χ2n) is 5.66. The Morgan fingerprint density at radius 2 is 1.77 bits per heavy atom. The van der Waals surface area contributed by atoms with Gasteiger partial charge < -0.3 is 26.6 Å². The molecule has 1 aromatic rings. The molecule has 0 radical (unpaired) electrons. The summed E-state index contributed by atoms with van der Waals surface area (Å²) in [6, 6.07) is 3.78. The number of phenolic OH excluding ortho intramolecular Hbond substituents is 1. The van der Waals surface area contributed by atoms with Gasteiger partial charge in [-0.1, -0.05) is 12.1 Å². The third kappa shape index (κ3) is 7.62. The smallest absolute Gasteiger partial charge is 0.326 e. The van der Waals surface area contributed by atoms with Crippen molar-refractivity contribution >= 4 is 28.6 Å². The van der Waals surface area contributed by atoms with Crippen LogP contribution >= 0.6 is 0 Å². The Labute approximate surface area is 153 Å². The van der Waals surface area contributed by atoms with E-state index < -0.39 is 40.7 Å². The number of aromatic hydroxyl groups is 1. The first-order valence-corrected chi connectivity index (χ1v) is 9.56. The molecule has 1 rings (SSSR count). The van der Waals surface area contributed by atoms with Crippen molar-refractivity contribution < 1.29 is 28.8 Å². The van der Waals surface area contributed by atoms with Crippen LogP contribution in [0.2, 0.25) is 0 Å². The number of carbonyl (C=O) groups is 3. The van der Waals surface area contributed by atoms with Gasteiger partial charge in [0.1, 0.15) is 17.8 Å². The molecule has 0 fully saturated rings. The number of carbonyl (C=O) groups excluding carboxylic acids is 2. The fraction of sp³-hybridized carbons (Fsp3) is 0.438.